The van der Waals surface area contributed by atoms with E-state index in [0.29, 0.717) is 37.4 Å². The number of alkyl halides is 1. The number of nitrogens with zero attached hydrogens (tertiary/aromatic N) is 5. The molecule has 2 N–H and O–H groups in total. The van der Waals surface area contributed by atoms with Crippen LogP contribution in [0.3, 0.4) is 0 Å². The minimum absolute atomic E-state index is 0.0499. The number of piperidine rings is 1. The fraction of sp³-hybridized carbons (Fsp3) is 0.513. The molecule has 0 spiro atoms. The third-order valence-electron chi connectivity index (χ3n) is 11.4. The number of terminal acetylenes is 1. The zero-order valence-electron chi connectivity index (χ0n) is 29.1. The van der Waals surface area contributed by atoms with Gasteiger partial charge in [-0.15, -0.1) is 6.42 Å². The third-order valence-corrected chi connectivity index (χ3v) is 11.4. The molecular formula is C39H42F3N5O5. The van der Waals surface area contributed by atoms with Crippen LogP contribution in [0.15, 0.2) is 30.5 Å². The number of aliphatic hydroxyl groups is 1. The number of benzene rings is 2. The molecule has 0 amide bonds. The second-order valence-electron chi connectivity index (χ2n) is 15.0. The number of rotatable bonds is 6. The zero-order valence-corrected chi connectivity index (χ0v) is 29.1. The Hall–Kier alpha value is -4.22. The number of aromatic nitrogens is 3. The highest BCUT2D eigenvalue weighted by atomic mass is 19.1. The number of fused-ring (bicyclic) bond motifs is 3. The lowest BCUT2D eigenvalue weighted by Crippen LogP contribution is -2.59. The van der Waals surface area contributed by atoms with Crippen molar-refractivity contribution in [1.29, 1.82) is 0 Å². The highest BCUT2D eigenvalue weighted by molar-refractivity contribution is 6.03. The number of aromatic hydroxyl groups is 1. The van der Waals surface area contributed by atoms with Crippen LogP contribution in [0.1, 0.15) is 51.0 Å². The van der Waals surface area contributed by atoms with E-state index < -0.39 is 23.4 Å². The van der Waals surface area contributed by atoms with Crippen LogP contribution in [0.5, 0.6) is 11.8 Å². The molecule has 4 aromatic rings. The van der Waals surface area contributed by atoms with E-state index in [1.165, 1.54) is 30.5 Å². The first kappa shape index (κ1) is 34.8. The molecule has 1 saturated carbocycles. The zero-order chi connectivity index (χ0) is 36.2. The molecule has 3 aliphatic heterocycles. The van der Waals surface area contributed by atoms with Crippen molar-refractivity contribution in [3.05, 3.63) is 47.7 Å². The molecule has 8 rings (SSSR count). The molecule has 2 unspecified atom stereocenters. The van der Waals surface area contributed by atoms with Gasteiger partial charge in [0.1, 0.15) is 40.4 Å². The van der Waals surface area contributed by atoms with Gasteiger partial charge < -0.3 is 29.3 Å². The molecule has 4 aliphatic rings. The van der Waals surface area contributed by atoms with Crippen LogP contribution in [0.25, 0.3) is 32.9 Å². The number of likely N-dealkylation sites (tertiary alicyclic amines) is 1. The maximum absolute atomic E-state index is 17.0. The van der Waals surface area contributed by atoms with E-state index in [0.717, 1.165) is 38.6 Å². The van der Waals surface area contributed by atoms with Gasteiger partial charge in [0.15, 0.2) is 5.82 Å². The van der Waals surface area contributed by atoms with E-state index in [1.807, 2.05) is 4.90 Å². The molecule has 2 aromatic carbocycles. The van der Waals surface area contributed by atoms with Crippen LogP contribution in [-0.4, -0.2) is 107 Å². The van der Waals surface area contributed by atoms with Crippen LogP contribution in [-0.2, 0) is 9.47 Å². The number of halogens is 3. The number of phenols is 1. The van der Waals surface area contributed by atoms with E-state index in [9.17, 15) is 14.6 Å². The molecule has 274 valence electrons. The third kappa shape index (κ3) is 6.19. The van der Waals surface area contributed by atoms with Crippen molar-refractivity contribution in [2.75, 3.05) is 57.6 Å². The molecule has 5 atom stereocenters. The molecule has 52 heavy (non-hydrogen) atoms. The summed E-state index contributed by atoms with van der Waals surface area (Å²) in [6.07, 6.45) is 11.4. The van der Waals surface area contributed by atoms with Gasteiger partial charge in [0, 0.05) is 47.8 Å². The summed E-state index contributed by atoms with van der Waals surface area (Å²) in [5, 5.41) is 22.6. The van der Waals surface area contributed by atoms with Gasteiger partial charge >= 0.3 is 6.01 Å². The lowest BCUT2D eigenvalue weighted by molar-refractivity contribution is -0.0828. The topological polar surface area (TPSA) is 113 Å². The average Bonchev–Trinajstić information content (AvgIpc) is 3.48. The van der Waals surface area contributed by atoms with Crippen molar-refractivity contribution in [2.24, 2.45) is 5.41 Å². The van der Waals surface area contributed by atoms with Crippen molar-refractivity contribution < 1.29 is 37.6 Å². The van der Waals surface area contributed by atoms with Crippen LogP contribution in [0.2, 0.25) is 0 Å². The average molecular weight is 718 g/mol. The fourth-order valence-electron chi connectivity index (χ4n) is 9.06. The molecule has 10 nitrogen and oxygen atoms in total. The second kappa shape index (κ2) is 13.6. The van der Waals surface area contributed by atoms with E-state index in [1.54, 1.807) is 6.92 Å². The Morgan fingerprint density at radius 1 is 1.10 bits per heavy atom. The minimum atomic E-state index is -1.23. The molecule has 5 heterocycles. The van der Waals surface area contributed by atoms with Crippen molar-refractivity contribution in [1.82, 2.24) is 19.9 Å². The second-order valence-corrected chi connectivity index (χ2v) is 15.0. The first-order chi connectivity index (χ1) is 25.1. The summed E-state index contributed by atoms with van der Waals surface area (Å²) in [5.74, 6) is 1.00. The number of hydrogen-bond donors (Lipinski definition) is 2. The van der Waals surface area contributed by atoms with Gasteiger partial charge in [-0.3, -0.25) is 9.88 Å². The SMILES string of the molecule is C#Cc1c(F)ccc2cc(O)cc(-c3ncc4c(N5CCOC[C@@](C)(O)C5)nc(OC[C@]56CCC[C@H]5N(C5CCOCC5F)CCC6)nc4c3F)c12. The van der Waals surface area contributed by atoms with Gasteiger partial charge in [-0.05, 0) is 69.2 Å². The monoisotopic (exact) mass is 717 g/mol. The maximum atomic E-state index is 17.0. The van der Waals surface area contributed by atoms with Gasteiger partial charge in [-0.1, -0.05) is 18.4 Å². The normalized spacial score (nSPS) is 28.5. The lowest BCUT2D eigenvalue weighted by atomic mass is 9.74. The molecule has 4 fully saturated rings. The molecular weight excluding hydrogens is 675 g/mol. The quantitative estimate of drug-likeness (QED) is 0.247. The number of pyridine rings is 1. The number of phenolic OH excluding ortho intramolecular Hbond substituents is 1. The number of anilines is 1. The number of hydrogen-bond acceptors (Lipinski definition) is 10. The van der Waals surface area contributed by atoms with Crippen molar-refractivity contribution in [2.45, 2.75) is 69.3 Å². The first-order valence-electron chi connectivity index (χ1n) is 18.0. The highest BCUT2D eigenvalue weighted by Gasteiger charge is 2.51. The Morgan fingerprint density at radius 3 is 2.77 bits per heavy atom. The van der Waals surface area contributed by atoms with Crippen LogP contribution in [0.4, 0.5) is 19.0 Å². The Labute approximate surface area is 299 Å². The smallest absolute Gasteiger partial charge is 0.319 e. The summed E-state index contributed by atoms with van der Waals surface area (Å²) >= 11 is 0. The van der Waals surface area contributed by atoms with Crippen LogP contribution < -0.4 is 9.64 Å². The molecule has 1 aliphatic carbocycles. The van der Waals surface area contributed by atoms with Crippen molar-refractivity contribution in [3.63, 3.8) is 0 Å². The number of β-amino-alcohol motifs (C(OH)–C–C–N with tert-alkyl or cyclic N) is 1. The van der Waals surface area contributed by atoms with E-state index in [4.69, 9.17) is 25.6 Å². The van der Waals surface area contributed by atoms with Gasteiger partial charge in [-0.25, -0.2) is 13.2 Å². The van der Waals surface area contributed by atoms with Gasteiger partial charge in [0.05, 0.1) is 43.9 Å². The Bertz CT molecular complexity index is 2060. The summed E-state index contributed by atoms with van der Waals surface area (Å²) in [6.45, 7) is 4.29. The molecule has 0 bridgehead atoms. The van der Waals surface area contributed by atoms with Crippen LogP contribution >= 0.6 is 0 Å². The van der Waals surface area contributed by atoms with Gasteiger partial charge in [0.25, 0.3) is 0 Å². The van der Waals surface area contributed by atoms with E-state index in [2.05, 4.69) is 20.8 Å². The predicted molar refractivity (Wildman–Crippen MR) is 189 cm³/mol. The summed E-state index contributed by atoms with van der Waals surface area (Å²) in [4.78, 5) is 18.1. The maximum Gasteiger partial charge on any atom is 0.319 e. The van der Waals surface area contributed by atoms with Gasteiger partial charge in [-0.2, -0.15) is 9.97 Å². The van der Waals surface area contributed by atoms with E-state index >= 15 is 8.78 Å². The molecule has 3 saturated heterocycles. The first-order valence-corrected chi connectivity index (χ1v) is 18.0. The Kier molecular flexibility index (Phi) is 9.14. The summed E-state index contributed by atoms with van der Waals surface area (Å²) in [7, 11) is 0. The van der Waals surface area contributed by atoms with Gasteiger partial charge in [0.2, 0.25) is 0 Å². The summed E-state index contributed by atoms with van der Waals surface area (Å²) < 4.78 is 64.7. The number of ether oxygens (including phenoxy) is 3. The van der Waals surface area contributed by atoms with E-state index in [-0.39, 0.29) is 88.7 Å². The van der Waals surface area contributed by atoms with Crippen molar-refractivity contribution >= 4 is 27.5 Å². The Balaban J connectivity index is 1.22. The standard InChI is InChI=1S/C39H42F3N5O5/c1-3-25-28(40)8-7-23-16-24(48)17-26(32(23)25)34-33(42)35-27(18-43-34)36(46-13-15-51-21-38(2,49)20-46)45-37(44-35)52-22-39-10-4-6-31(39)47(12-5-11-39)30-9-14-50-19-29(30)41/h1,7-8,16-18,29-31,48-49H,4-6,9-15,19-22H2,2H3/t29?,30?,31-,38+,39-/m1/s1. The summed E-state index contributed by atoms with van der Waals surface area (Å²) in [5.41, 5.74) is -1.75. The molecule has 0 radical (unpaired) electrons. The summed E-state index contributed by atoms with van der Waals surface area (Å²) in [6, 6.07) is 5.27. The fourth-order valence-corrected chi connectivity index (χ4v) is 9.06. The lowest BCUT2D eigenvalue weighted by Gasteiger charge is -2.50. The Morgan fingerprint density at radius 2 is 1.94 bits per heavy atom. The largest absolute Gasteiger partial charge is 0.508 e. The molecule has 2 aromatic heterocycles. The highest BCUT2D eigenvalue weighted by Crippen LogP contribution is 2.49. The molecule has 13 heteroatoms. The predicted octanol–water partition coefficient (Wildman–Crippen LogP) is 5.54. The minimum Gasteiger partial charge on any atom is -0.508 e. The van der Waals surface area contributed by atoms with Crippen LogP contribution in [0, 0.1) is 29.4 Å². The van der Waals surface area contributed by atoms with Crippen molar-refractivity contribution in [3.8, 4) is 35.4 Å².